The average Bonchev–Trinajstić information content (AvgIpc) is 2.39. The topological polar surface area (TPSA) is 27.7 Å². The summed E-state index contributed by atoms with van der Waals surface area (Å²) in [5.74, 6) is 0. The zero-order valence-corrected chi connectivity index (χ0v) is 12.0. The van der Waals surface area contributed by atoms with Gasteiger partial charge in [-0.1, -0.05) is 25.2 Å². The Kier molecular flexibility index (Phi) is 9.93. The van der Waals surface area contributed by atoms with Crippen LogP contribution in [0.4, 0.5) is 0 Å². The van der Waals surface area contributed by atoms with Crippen molar-refractivity contribution in [1.29, 1.82) is 0 Å². The first-order chi connectivity index (χ1) is 8.74. The van der Waals surface area contributed by atoms with Gasteiger partial charge < -0.3 is 14.2 Å². The van der Waals surface area contributed by atoms with Crippen molar-refractivity contribution in [2.45, 2.75) is 34.1 Å². The first-order valence-corrected chi connectivity index (χ1v) is 6.43. The maximum atomic E-state index is 5.51. The zero-order chi connectivity index (χ0) is 13.7. The largest absolute Gasteiger partial charge is 0.501 e. The van der Waals surface area contributed by atoms with Gasteiger partial charge in [0.25, 0.3) is 0 Å². The quantitative estimate of drug-likeness (QED) is 0.551. The molecule has 0 radical (unpaired) electrons. The highest BCUT2D eigenvalue weighted by Crippen LogP contribution is 2.24. The Labute approximate surface area is 111 Å². The Morgan fingerprint density at radius 3 is 1.28 bits per heavy atom. The molecule has 0 atom stereocenters. The van der Waals surface area contributed by atoms with E-state index in [1.807, 2.05) is 39.0 Å². The predicted molar refractivity (Wildman–Crippen MR) is 75.0 cm³/mol. The lowest BCUT2D eigenvalue weighted by Gasteiger charge is -2.30. The Hall–Kier alpha value is -1.38. The van der Waals surface area contributed by atoms with Gasteiger partial charge in [0.15, 0.2) is 0 Å². The summed E-state index contributed by atoms with van der Waals surface area (Å²) in [5.41, 5.74) is -0.126. The van der Waals surface area contributed by atoms with E-state index in [4.69, 9.17) is 14.2 Å². The van der Waals surface area contributed by atoms with Crippen LogP contribution in [0.15, 0.2) is 37.0 Å². The fraction of sp³-hybridized carbons (Fsp3) is 0.600. The molecular formula is C15H26O3. The standard InChI is InChI=1S/C15H26O3/c1-5-9-16-12-15(8-4,13-17-10-6-2)14-18-11-7-3/h5-7,9-11H,8,12-14H2,1-4H3. The number of hydrogen-bond acceptors (Lipinski definition) is 3. The fourth-order valence-corrected chi connectivity index (χ4v) is 1.39. The summed E-state index contributed by atoms with van der Waals surface area (Å²) in [4.78, 5) is 0. The van der Waals surface area contributed by atoms with Crippen LogP contribution in [0.2, 0.25) is 0 Å². The van der Waals surface area contributed by atoms with Gasteiger partial charge in [-0.15, -0.1) is 0 Å². The van der Waals surface area contributed by atoms with Crippen LogP contribution < -0.4 is 0 Å². The molecule has 0 heterocycles. The van der Waals surface area contributed by atoms with Crippen LogP contribution in [0.3, 0.4) is 0 Å². The normalized spacial score (nSPS) is 15.3. The Bertz CT molecular complexity index is 226. The SMILES string of the molecule is CC=COCC(CC)(COC=CC)COC=CC. The summed E-state index contributed by atoms with van der Waals surface area (Å²) in [5, 5.41) is 0. The third-order valence-corrected chi connectivity index (χ3v) is 2.62. The Morgan fingerprint density at radius 1 is 0.722 bits per heavy atom. The van der Waals surface area contributed by atoms with Gasteiger partial charge in [-0.25, -0.2) is 0 Å². The van der Waals surface area contributed by atoms with Gasteiger partial charge in [0, 0.05) is 0 Å². The van der Waals surface area contributed by atoms with Gasteiger partial charge in [0.2, 0.25) is 0 Å². The first kappa shape index (κ1) is 16.6. The van der Waals surface area contributed by atoms with Crippen LogP contribution in [0, 0.1) is 5.41 Å². The van der Waals surface area contributed by atoms with E-state index in [1.165, 1.54) is 0 Å². The molecule has 3 heteroatoms. The van der Waals surface area contributed by atoms with Crippen molar-refractivity contribution in [3.63, 3.8) is 0 Å². The molecule has 0 unspecified atom stereocenters. The van der Waals surface area contributed by atoms with Gasteiger partial charge in [-0.05, 0) is 27.2 Å². The molecule has 0 aliphatic carbocycles. The van der Waals surface area contributed by atoms with Gasteiger partial charge in [0.1, 0.15) is 0 Å². The molecule has 0 aromatic rings. The molecule has 0 amide bonds. The van der Waals surface area contributed by atoms with Crippen LogP contribution in [0.5, 0.6) is 0 Å². The molecule has 0 saturated heterocycles. The van der Waals surface area contributed by atoms with Crippen LogP contribution in [0.25, 0.3) is 0 Å². The van der Waals surface area contributed by atoms with Gasteiger partial charge >= 0.3 is 0 Å². The van der Waals surface area contributed by atoms with Crippen LogP contribution >= 0.6 is 0 Å². The summed E-state index contributed by atoms with van der Waals surface area (Å²) in [6.45, 7) is 9.67. The van der Waals surface area contributed by atoms with Crippen molar-refractivity contribution >= 4 is 0 Å². The smallest absolute Gasteiger partial charge is 0.0994 e. The second-order valence-corrected chi connectivity index (χ2v) is 4.19. The number of rotatable bonds is 10. The molecule has 0 aromatic heterocycles. The number of ether oxygens (including phenoxy) is 3. The molecular weight excluding hydrogens is 228 g/mol. The summed E-state index contributed by atoms with van der Waals surface area (Å²) < 4.78 is 16.5. The fourth-order valence-electron chi connectivity index (χ4n) is 1.39. The van der Waals surface area contributed by atoms with E-state index in [2.05, 4.69) is 6.92 Å². The van der Waals surface area contributed by atoms with Gasteiger partial charge in [0.05, 0.1) is 44.0 Å². The second-order valence-electron chi connectivity index (χ2n) is 4.19. The molecule has 0 aliphatic rings. The van der Waals surface area contributed by atoms with Crippen LogP contribution in [0.1, 0.15) is 34.1 Å². The van der Waals surface area contributed by atoms with E-state index in [-0.39, 0.29) is 5.41 Å². The molecule has 0 rings (SSSR count). The van der Waals surface area contributed by atoms with Crippen molar-refractivity contribution in [3.05, 3.63) is 37.0 Å². The predicted octanol–water partition coefficient (Wildman–Crippen LogP) is 4.03. The molecule has 18 heavy (non-hydrogen) atoms. The number of hydrogen-bond donors (Lipinski definition) is 0. The highest BCUT2D eigenvalue weighted by atomic mass is 16.5. The molecule has 0 fully saturated rings. The van der Waals surface area contributed by atoms with Crippen molar-refractivity contribution in [3.8, 4) is 0 Å². The molecule has 3 nitrogen and oxygen atoms in total. The van der Waals surface area contributed by atoms with Gasteiger partial charge in [-0.3, -0.25) is 0 Å². The minimum absolute atomic E-state index is 0.126. The molecule has 104 valence electrons. The molecule has 0 N–H and O–H groups in total. The van der Waals surface area contributed by atoms with Crippen molar-refractivity contribution in [2.75, 3.05) is 19.8 Å². The Balaban J connectivity index is 4.47. The average molecular weight is 254 g/mol. The van der Waals surface area contributed by atoms with Crippen LogP contribution in [-0.4, -0.2) is 19.8 Å². The lowest BCUT2D eigenvalue weighted by Crippen LogP contribution is -2.35. The minimum Gasteiger partial charge on any atom is -0.501 e. The van der Waals surface area contributed by atoms with E-state index < -0.39 is 0 Å². The van der Waals surface area contributed by atoms with Crippen molar-refractivity contribution < 1.29 is 14.2 Å². The van der Waals surface area contributed by atoms with Crippen molar-refractivity contribution in [2.24, 2.45) is 5.41 Å². The summed E-state index contributed by atoms with van der Waals surface area (Å²) in [7, 11) is 0. The van der Waals surface area contributed by atoms with E-state index in [0.29, 0.717) is 19.8 Å². The van der Waals surface area contributed by atoms with E-state index >= 15 is 0 Å². The maximum absolute atomic E-state index is 5.51. The lowest BCUT2D eigenvalue weighted by molar-refractivity contribution is -0.0126. The second kappa shape index (κ2) is 10.8. The Morgan fingerprint density at radius 2 is 1.06 bits per heavy atom. The molecule has 0 saturated carbocycles. The minimum atomic E-state index is -0.126. The zero-order valence-electron chi connectivity index (χ0n) is 12.0. The monoisotopic (exact) mass is 254 g/mol. The van der Waals surface area contributed by atoms with Gasteiger partial charge in [-0.2, -0.15) is 0 Å². The first-order valence-electron chi connectivity index (χ1n) is 6.43. The summed E-state index contributed by atoms with van der Waals surface area (Å²) >= 11 is 0. The molecule has 0 aliphatic heterocycles. The molecule has 0 bridgehead atoms. The third kappa shape index (κ3) is 7.05. The molecule has 0 spiro atoms. The van der Waals surface area contributed by atoms with E-state index in [1.54, 1.807) is 18.8 Å². The maximum Gasteiger partial charge on any atom is 0.0994 e. The third-order valence-electron chi connectivity index (χ3n) is 2.62. The lowest BCUT2D eigenvalue weighted by atomic mass is 9.88. The van der Waals surface area contributed by atoms with Crippen LogP contribution in [-0.2, 0) is 14.2 Å². The molecule has 0 aromatic carbocycles. The highest BCUT2D eigenvalue weighted by Gasteiger charge is 2.30. The summed E-state index contributed by atoms with van der Waals surface area (Å²) in [6, 6.07) is 0. The summed E-state index contributed by atoms with van der Waals surface area (Å²) in [6.07, 6.45) is 11.7. The van der Waals surface area contributed by atoms with E-state index in [9.17, 15) is 0 Å². The highest BCUT2D eigenvalue weighted by molar-refractivity contribution is 4.82. The van der Waals surface area contributed by atoms with Crippen molar-refractivity contribution in [1.82, 2.24) is 0 Å². The number of allylic oxidation sites excluding steroid dienone is 3. The van der Waals surface area contributed by atoms with E-state index in [0.717, 1.165) is 6.42 Å².